The molecule has 0 fully saturated rings. The smallest absolute Gasteiger partial charge is 0.277 e. The molecule has 0 spiro atoms. The van der Waals surface area contributed by atoms with Crippen molar-refractivity contribution in [1.82, 2.24) is 15.2 Å². The fraction of sp³-hybridized carbons (Fsp3) is 0.368. The highest BCUT2D eigenvalue weighted by atomic mass is 32.2. The molecular weight excluding hydrogens is 444 g/mol. The topological polar surface area (TPSA) is 106 Å². The molecular formula is C19H20N4O4S3. The van der Waals surface area contributed by atoms with Gasteiger partial charge in [0.15, 0.2) is 5.78 Å². The first-order chi connectivity index (χ1) is 14.3. The third-order valence-electron chi connectivity index (χ3n) is 4.79. The van der Waals surface area contributed by atoms with Crippen molar-refractivity contribution in [3.63, 3.8) is 0 Å². The number of hydrogen-bond donors (Lipinski definition) is 0. The minimum atomic E-state index is -3.30. The van der Waals surface area contributed by atoms with Crippen LogP contribution in [0, 0.1) is 13.8 Å². The van der Waals surface area contributed by atoms with E-state index in [0.29, 0.717) is 35.3 Å². The standard InChI is InChI=1S/C19H20N4O4S3/c1-4-30(25,26)23-8-7-13-9-14(5-6-15(13)23)16(24)10-28-19-22-21-18(27-19)17-11(2)20-12(3)29-17/h5-6,9H,4,7-8,10H2,1-3H3. The Hall–Kier alpha value is -2.24. The number of rotatable bonds is 7. The number of carbonyl (C=O) groups excluding carboxylic acids is 1. The van der Waals surface area contributed by atoms with Gasteiger partial charge in [0.25, 0.3) is 11.1 Å². The first-order valence-electron chi connectivity index (χ1n) is 9.35. The lowest BCUT2D eigenvalue weighted by atomic mass is 10.1. The molecule has 11 heteroatoms. The van der Waals surface area contributed by atoms with Crippen molar-refractivity contribution in [2.24, 2.45) is 0 Å². The summed E-state index contributed by atoms with van der Waals surface area (Å²) in [6, 6.07) is 5.17. The van der Waals surface area contributed by atoms with Gasteiger partial charge < -0.3 is 4.42 Å². The molecule has 4 rings (SSSR count). The zero-order valence-corrected chi connectivity index (χ0v) is 19.2. The fourth-order valence-electron chi connectivity index (χ4n) is 3.29. The highest BCUT2D eigenvalue weighted by Crippen LogP contribution is 2.33. The SMILES string of the molecule is CCS(=O)(=O)N1CCc2cc(C(=O)CSc3nnc(-c4sc(C)nc4C)o3)ccc21. The molecule has 0 N–H and O–H groups in total. The van der Waals surface area contributed by atoms with Crippen molar-refractivity contribution in [3.05, 3.63) is 40.0 Å². The average Bonchev–Trinajstić information content (AvgIpc) is 3.43. The summed E-state index contributed by atoms with van der Waals surface area (Å²) in [5, 5.41) is 9.32. The van der Waals surface area contributed by atoms with Gasteiger partial charge in [-0.25, -0.2) is 13.4 Å². The van der Waals surface area contributed by atoms with E-state index in [1.54, 1.807) is 25.1 Å². The number of nitrogens with zero attached hydrogens (tertiary/aromatic N) is 4. The molecule has 2 aromatic heterocycles. The molecule has 158 valence electrons. The van der Waals surface area contributed by atoms with Crippen LogP contribution in [0.15, 0.2) is 27.8 Å². The second kappa shape index (κ2) is 8.12. The van der Waals surface area contributed by atoms with Crippen LogP contribution < -0.4 is 4.31 Å². The number of anilines is 1. The molecule has 0 bridgehead atoms. The summed E-state index contributed by atoms with van der Waals surface area (Å²) in [7, 11) is -3.30. The molecule has 0 saturated heterocycles. The molecule has 3 aromatic rings. The van der Waals surface area contributed by atoms with Crippen molar-refractivity contribution >= 4 is 44.6 Å². The Bertz CT molecular complexity index is 1220. The summed E-state index contributed by atoms with van der Waals surface area (Å²) in [5.74, 6) is 0.529. The zero-order chi connectivity index (χ0) is 21.5. The maximum Gasteiger partial charge on any atom is 0.277 e. The van der Waals surface area contributed by atoms with Gasteiger partial charge in [-0.15, -0.1) is 21.5 Å². The number of sulfonamides is 1. The van der Waals surface area contributed by atoms with Gasteiger partial charge in [-0.1, -0.05) is 11.8 Å². The second-order valence-electron chi connectivity index (χ2n) is 6.80. The molecule has 1 aromatic carbocycles. The van der Waals surface area contributed by atoms with E-state index in [1.165, 1.54) is 27.4 Å². The third-order valence-corrected chi connectivity index (χ3v) is 8.45. The molecule has 0 saturated carbocycles. The van der Waals surface area contributed by atoms with Crippen molar-refractivity contribution in [2.75, 3.05) is 22.4 Å². The van der Waals surface area contributed by atoms with Crippen molar-refractivity contribution in [1.29, 1.82) is 0 Å². The summed E-state index contributed by atoms with van der Waals surface area (Å²) in [5.41, 5.74) is 2.92. The van der Waals surface area contributed by atoms with Crippen molar-refractivity contribution < 1.29 is 17.6 Å². The zero-order valence-electron chi connectivity index (χ0n) is 16.7. The van der Waals surface area contributed by atoms with Crippen LogP contribution in [0.2, 0.25) is 0 Å². The van der Waals surface area contributed by atoms with Crippen molar-refractivity contribution in [3.8, 4) is 10.8 Å². The number of benzene rings is 1. The minimum absolute atomic E-state index is 0.0521. The van der Waals surface area contributed by atoms with Gasteiger partial charge in [0.1, 0.15) is 4.88 Å². The van der Waals surface area contributed by atoms with Gasteiger partial charge in [-0.3, -0.25) is 9.10 Å². The largest absolute Gasteiger partial charge is 0.410 e. The van der Waals surface area contributed by atoms with Crippen LogP contribution in [0.3, 0.4) is 0 Å². The Morgan fingerprint density at radius 2 is 2.10 bits per heavy atom. The number of ketones is 1. The van der Waals surface area contributed by atoms with Crippen LogP contribution in [0.5, 0.6) is 0 Å². The van der Waals surface area contributed by atoms with Gasteiger partial charge in [0.2, 0.25) is 10.0 Å². The van der Waals surface area contributed by atoms with E-state index >= 15 is 0 Å². The van der Waals surface area contributed by atoms with E-state index in [9.17, 15) is 13.2 Å². The first-order valence-corrected chi connectivity index (χ1v) is 12.8. The van der Waals surface area contributed by atoms with Gasteiger partial charge in [-0.05, 0) is 51.0 Å². The van der Waals surface area contributed by atoms with Gasteiger partial charge in [0, 0.05) is 12.1 Å². The lowest BCUT2D eigenvalue weighted by Crippen LogP contribution is -2.30. The Balaban J connectivity index is 1.44. The molecule has 1 aliphatic rings. The maximum atomic E-state index is 12.6. The summed E-state index contributed by atoms with van der Waals surface area (Å²) < 4.78 is 31.5. The molecule has 0 radical (unpaired) electrons. The van der Waals surface area contributed by atoms with E-state index in [-0.39, 0.29) is 17.3 Å². The van der Waals surface area contributed by atoms with Crippen LogP contribution in [-0.2, 0) is 16.4 Å². The lowest BCUT2D eigenvalue weighted by molar-refractivity contribution is 0.102. The predicted octanol–water partition coefficient (Wildman–Crippen LogP) is 3.50. The van der Waals surface area contributed by atoms with E-state index in [0.717, 1.165) is 21.1 Å². The molecule has 0 atom stereocenters. The molecule has 0 amide bonds. The molecule has 8 nitrogen and oxygen atoms in total. The van der Waals surface area contributed by atoms with E-state index in [4.69, 9.17) is 4.42 Å². The quantitative estimate of drug-likeness (QED) is 0.386. The highest BCUT2D eigenvalue weighted by molar-refractivity contribution is 7.99. The molecule has 1 aliphatic heterocycles. The number of fused-ring (bicyclic) bond motifs is 1. The lowest BCUT2D eigenvalue weighted by Gasteiger charge is -2.18. The monoisotopic (exact) mass is 464 g/mol. The number of carbonyl (C=O) groups is 1. The Kier molecular flexibility index (Phi) is 5.69. The normalized spacial score (nSPS) is 13.6. The predicted molar refractivity (Wildman–Crippen MR) is 117 cm³/mol. The summed E-state index contributed by atoms with van der Waals surface area (Å²) in [6.07, 6.45) is 0.601. The summed E-state index contributed by atoms with van der Waals surface area (Å²) in [4.78, 5) is 17.8. The Labute approximate surface area is 182 Å². The molecule has 3 heterocycles. The number of thiazole rings is 1. The number of thioether (sulfide) groups is 1. The van der Waals surface area contributed by atoms with E-state index in [2.05, 4.69) is 15.2 Å². The van der Waals surface area contributed by atoms with Gasteiger partial charge >= 0.3 is 0 Å². The van der Waals surface area contributed by atoms with Crippen LogP contribution in [0.4, 0.5) is 5.69 Å². The third kappa shape index (κ3) is 4.01. The van der Waals surface area contributed by atoms with Crippen LogP contribution in [0.1, 0.15) is 33.5 Å². The average molecular weight is 465 g/mol. The number of hydrogen-bond acceptors (Lipinski definition) is 9. The van der Waals surface area contributed by atoms with Crippen LogP contribution >= 0.6 is 23.1 Å². The Morgan fingerprint density at radius 1 is 1.30 bits per heavy atom. The van der Waals surface area contributed by atoms with Crippen LogP contribution in [-0.4, -0.2) is 47.4 Å². The molecule has 0 unspecified atom stereocenters. The minimum Gasteiger partial charge on any atom is -0.410 e. The fourth-order valence-corrected chi connectivity index (χ4v) is 5.95. The maximum absolute atomic E-state index is 12.6. The highest BCUT2D eigenvalue weighted by Gasteiger charge is 2.28. The van der Waals surface area contributed by atoms with E-state index in [1.807, 2.05) is 13.8 Å². The second-order valence-corrected chi connectivity index (χ2v) is 11.1. The summed E-state index contributed by atoms with van der Waals surface area (Å²) >= 11 is 2.67. The van der Waals surface area contributed by atoms with Gasteiger partial charge in [0.05, 0.1) is 27.9 Å². The van der Waals surface area contributed by atoms with Crippen molar-refractivity contribution in [2.45, 2.75) is 32.4 Å². The summed E-state index contributed by atoms with van der Waals surface area (Å²) in [6.45, 7) is 5.85. The number of aryl methyl sites for hydroxylation is 2. The molecule has 0 aliphatic carbocycles. The Morgan fingerprint density at radius 3 is 2.80 bits per heavy atom. The number of aromatic nitrogens is 3. The molecule has 30 heavy (non-hydrogen) atoms. The number of Topliss-reactive ketones (excluding diaryl/α,β-unsaturated/α-hetero) is 1. The van der Waals surface area contributed by atoms with E-state index < -0.39 is 10.0 Å². The first kappa shape index (κ1) is 21.0. The van der Waals surface area contributed by atoms with Gasteiger partial charge in [-0.2, -0.15) is 0 Å². The van der Waals surface area contributed by atoms with Crippen LogP contribution in [0.25, 0.3) is 10.8 Å².